The molecule has 2 aromatic rings. The minimum atomic E-state index is -0.341. The average molecular weight is 356 g/mol. The molecule has 0 aliphatic carbocycles. The molecule has 0 bridgehead atoms. The first-order valence-electron chi connectivity index (χ1n) is 8.31. The van der Waals surface area contributed by atoms with Crippen LogP contribution in [0, 0.1) is 0 Å². The predicted molar refractivity (Wildman–Crippen MR) is 96.0 cm³/mol. The molecule has 0 atom stereocenters. The van der Waals surface area contributed by atoms with E-state index in [0.29, 0.717) is 41.7 Å². The van der Waals surface area contributed by atoms with E-state index >= 15 is 0 Å². The largest absolute Gasteiger partial charge is 0.490 e. The van der Waals surface area contributed by atoms with E-state index in [1.165, 1.54) is 7.05 Å². The number of hydrogen-bond donors (Lipinski definition) is 2. The van der Waals surface area contributed by atoms with Gasteiger partial charge in [0.25, 0.3) is 11.8 Å². The van der Waals surface area contributed by atoms with Gasteiger partial charge in [-0.3, -0.25) is 9.59 Å². The standard InChI is InChI=1S/C19H20N2O5/c1-20-19(23)14-5-2-3-6-15(14)26-12-18(22)21-13-7-8-16-17(11-13)25-10-4-9-24-16/h2-3,5-8,11H,4,9-10,12H2,1H3,(H,20,23)(H,21,22). The summed E-state index contributed by atoms with van der Waals surface area (Å²) in [7, 11) is 1.54. The van der Waals surface area contributed by atoms with Crippen molar-refractivity contribution in [2.45, 2.75) is 6.42 Å². The molecular weight excluding hydrogens is 336 g/mol. The quantitative estimate of drug-likeness (QED) is 0.858. The number of nitrogens with one attached hydrogen (secondary N) is 2. The highest BCUT2D eigenvalue weighted by molar-refractivity contribution is 5.97. The highest BCUT2D eigenvalue weighted by Crippen LogP contribution is 2.32. The highest BCUT2D eigenvalue weighted by Gasteiger charge is 2.14. The summed E-state index contributed by atoms with van der Waals surface area (Å²) in [4.78, 5) is 24.0. The number of carbonyl (C=O) groups excluding carboxylic acids is 2. The molecule has 0 fully saturated rings. The zero-order valence-electron chi connectivity index (χ0n) is 14.4. The lowest BCUT2D eigenvalue weighted by Gasteiger charge is -2.12. The molecule has 1 aliphatic heterocycles. The lowest BCUT2D eigenvalue weighted by atomic mass is 10.2. The smallest absolute Gasteiger partial charge is 0.262 e. The van der Waals surface area contributed by atoms with Crippen LogP contribution in [-0.4, -0.2) is 38.7 Å². The van der Waals surface area contributed by atoms with E-state index in [1.807, 2.05) is 0 Å². The van der Waals surface area contributed by atoms with Crippen LogP contribution in [0.5, 0.6) is 17.2 Å². The van der Waals surface area contributed by atoms with Gasteiger partial charge in [0.15, 0.2) is 18.1 Å². The van der Waals surface area contributed by atoms with E-state index in [2.05, 4.69) is 10.6 Å². The van der Waals surface area contributed by atoms with Gasteiger partial charge in [-0.2, -0.15) is 0 Å². The number of rotatable bonds is 5. The second kappa shape index (κ2) is 8.24. The van der Waals surface area contributed by atoms with Gasteiger partial charge in [0.1, 0.15) is 5.75 Å². The highest BCUT2D eigenvalue weighted by atomic mass is 16.5. The molecule has 2 N–H and O–H groups in total. The molecule has 0 radical (unpaired) electrons. The molecule has 136 valence electrons. The molecule has 1 heterocycles. The third-order valence-electron chi connectivity index (χ3n) is 3.75. The molecule has 1 aliphatic rings. The Kier molecular flexibility index (Phi) is 5.58. The van der Waals surface area contributed by atoms with E-state index < -0.39 is 0 Å². The molecule has 7 heteroatoms. The second-order valence-corrected chi connectivity index (χ2v) is 5.62. The zero-order chi connectivity index (χ0) is 18.4. The van der Waals surface area contributed by atoms with Crippen molar-refractivity contribution in [3.05, 3.63) is 48.0 Å². The lowest BCUT2D eigenvalue weighted by molar-refractivity contribution is -0.118. The summed E-state index contributed by atoms with van der Waals surface area (Å²) >= 11 is 0. The van der Waals surface area contributed by atoms with E-state index in [-0.39, 0.29) is 18.4 Å². The second-order valence-electron chi connectivity index (χ2n) is 5.62. The molecule has 7 nitrogen and oxygen atoms in total. The molecule has 26 heavy (non-hydrogen) atoms. The first-order chi connectivity index (χ1) is 12.7. The summed E-state index contributed by atoms with van der Waals surface area (Å²) in [5, 5.41) is 5.28. The number of benzene rings is 2. The van der Waals surface area contributed by atoms with Gasteiger partial charge in [0.05, 0.1) is 18.8 Å². The van der Waals surface area contributed by atoms with Crippen molar-refractivity contribution < 1.29 is 23.8 Å². The number of anilines is 1. The molecule has 0 saturated heterocycles. The van der Waals surface area contributed by atoms with Crippen LogP contribution in [0.15, 0.2) is 42.5 Å². The fourth-order valence-electron chi connectivity index (χ4n) is 2.50. The molecular formula is C19H20N2O5. The lowest BCUT2D eigenvalue weighted by Crippen LogP contribution is -2.23. The maximum Gasteiger partial charge on any atom is 0.262 e. The number of para-hydroxylation sites is 1. The third kappa shape index (κ3) is 4.24. The van der Waals surface area contributed by atoms with Gasteiger partial charge in [0.2, 0.25) is 0 Å². The van der Waals surface area contributed by atoms with Crippen LogP contribution in [0.4, 0.5) is 5.69 Å². The van der Waals surface area contributed by atoms with Crippen LogP contribution < -0.4 is 24.8 Å². The van der Waals surface area contributed by atoms with Crippen LogP contribution in [0.25, 0.3) is 0 Å². The van der Waals surface area contributed by atoms with Gasteiger partial charge < -0.3 is 24.8 Å². The fraction of sp³-hybridized carbons (Fsp3) is 0.263. The molecule has 2 amide bonds. The zero-order valence-corrected chi connectivity index (χ0v) is 14.4. The average Bonchev–Trinajstić information content (AvgIpc) is 2.91. The number of fused-ring (bicyclic) bond motifs is 1. The van der Waals surface area contributed by atoms with Crippen molar-refractivity contribution in [2.24, 2.45) is 0 Å². The Hall–Kier alpha value is -3.22. The Balaban J connectivity index is 1.62. The summed E-state index contributed by atoms with van der Waals surface area (Å²) in [5.74, 6) is 0.998. The topological polar surface area (TPSA) is 85.9 Å². The van der Waals surface area contributed by atoms with Crippen LogP contribution in [0.2, 0.25) is 0 Å². The van der Waals surface area contributed by atoms with E-state index in [1.54, 1.807) is 42.5 Å². The van der Waals surface area contributed by atoms with Gasteiger partial charge in [-0.25, -0.2) is 0 Å². The first-order valence-corrected chi connectivity index (χ1v) is 8.31. The maximum atomic E-state index is 12.2. The van der Waals surface area contributed by atoms with Crippen molar-refractivity contribution in [1.82, 2.24) is 5.32 Å². The van der Waals surface area contributed by atoms with Crippen molar-refractivity contribution in [2.75, 3.05) is 32.2 Å². The van der Waals surface area contributed by atoms with Gasteiger partial charge >= 0.3 is 0 Å². The summed E-state index contributed by atoms with van der Waals surface area (Å²) < 4.78 is 16.7. The predicted octanol–water partition coefficient (Wildman–Crippen LogP) is 2.22. The van der Waals surface area contributed by atoms with Crippen molar-refractivity contribution in [1.29, 1.82) is 0 Å². The van der Waals surface area contributed by atoms with Gasteiger partial charge in [0, 0.05) is 25.2 Å². The Labute approximate surface area is 151 Å². The normalized spacial score (nSPS) is 12.7. The minimum absolute atomic E-state index is 0.220. The van der Waals surface area contributed by atoms with Crippen molar-refractivity contribution >= 4 is 17.5 Å². The van der Waals surface area contributed by atoms with Crippen molar-refractivity contribution in [3.8, 4) is 17.2 Å². The Bertz CT molecular complexity index is 806. The van der Waals surface area contributed by atoms with Crippen molar-refractivity contribution in [3.63, 3.8) is 0 Å². The Morgan fingerprint density at radius 1 is 1.08 bits per heavy atom. The summed E-state index contributed by atoms with van der Waals surface area (Å²) in [6.07, 6.45) is 0.814. The van der Waals surface area contributed by atoms with E-state index in [4.69, 9.17) is 14.2 Å². The van der Waals surface area contributed by atoms with Crippen LogP contribution >= 0.6 is 0 Å². The van der Waals surface area contributed by atoms with Gasteiger partial charge in [-0.05, 0) is 24.3 Å². The summed E-state index contributed by atoms with van der Waals surface area (Å²) in [6, 6.07) is 12.0. The van der Waals surface area contributed by atoms with E-state index in [9.17, 15) is 9.59 Å². The number of amides is 2. The molecule has 3 rings (SSSR count). The molecule has 0 spiro atoms. The third-order valence-corrected chi connectivity index (χ3v) is 3.75. The molecule has 0 aromatic heterocycles. The van der Waals surface area contributed by atoms with Crippen LogP contribution in [-0.2, 0) is 4.79 Å². The first kappa shape index (κ1) is 17.6. The molecule has 0 unspecified atom stereocenters. The summed E-state index contributed by atoms with van der Waals surface area (Å²) in [5.41, 5.74) is 0.959. The van der Waals surface area contributed by atoms with Crippen LogP contribution in [0.1, 0.15) is 16.8 Å². The van der Waals surface area contributed by atoms with Crippen LogP contribution in [0.3, 0.4) is 0 Å². The van der Waals surface area contributed by atoms with Gasteiger partial charge in [-0.1, -0.05) is 12.1 Å². The fourth-order valence-corrected chi connectivity index (χ4v) is 2.50. The summed E-state index contributed by atoms with van der Waals surface area (Å²) in [6.45, 7) is 0.962. The number of hydrogen-bond acceptors (Lipinski definition) is 5. The number of carbonyl (C=O) groups is 2. The Morgan fingerprint density at radius 2 is 1.85 bits per heavy atom. The molecule has 2 aromatic carbocycles. The Morgan fingerprint density at radius 3 is 2.65 bits per heavy atom. The SMILES string of the molecule is CNC(=O)c1ccccc1OCC(=O)Nc1ccc2c(c1)OCCCO2. The monoisotopic (exact) mass is 356 g/mol. The number of ether oxygens (including phenoxy) is 3. The maximum absolute atomic E-state index is 12.2. The van der Waals surface area contributed by atoms with E-state index in [0.717, 1.165) is 6.42 Å². The molecule has 0 saturated carbocycles. The van der Waals surface area contributed by atoms with Gasteiger partial charge in [-0.15, -0.1) is 0 Å². The minimum Gasteiger partial charge on any atom is -0.490 e.